The first kappa shape index (κ1) is 13.5. The third-order valence-electron chi connectivity index (χ3n) is 3.82. The van der Waals surface area contributed by atoms with E-state index in [-0.39, 0.29) is 30.7 Å². The van der Waals surface area contributed by atoms with E-state index in [4.69, 9.17) is 0 Å². The fourth-order valence-electron chi connectivity index (χ4n) is 2.73. The van der Waals surface area contributed by atoms with Gasteiger partial charge in [-0.3, -0.25) is 19.7 Å². The Morgan fingerprint density at radius 3 is 2.71 bits per heavy atom. The minimum Gasteiger partial charge on any atom is -0.346 e. The number of hydrogen-bond acceptors (Lipinski definition) is 5. The van der Waals surface area contributed by atoms with Gasteiger partial charge in [0.15, 0.2) is 0 Å². The molecule has 0 spiro atoms. The maximum Gasteiger partial charge on any atom is 0.249 e. The van der Waals surface area contributed by atoms with Crippen molar-refractivity contribution in [1.82, 2.24) is 15.2 Å². The fourth-order valence-corrected chi connectivity index (χ4v) is 2.73. The minimum atomic E-state index is -0.527. The number of imide groups is 1. The molecule has 0 saturated carbocycles. The van der Waals surface area contributed by atoms with E-state index in [9.17, 15) is 14.4 Å². The zero-order chi connectivity index (χ0) is 14.8. The number of piperidine rings is 1. The van der Waals surface area contributed by atoms with E-state index in [0.29, 0.717) is 19.5 Å². The van der Waals surface area contributed by atoms with Gasteiger partial charge in [0.05, 0.1) is 6.54 Å². The van der Waals surface area contributed by atoms with E-state index in [0.717, 1.165) is 5.82 Å². The van der Waals surface area contributed by atoms with Gasteiger partial charge in [0.1, 0.15) is 11.9 Å². The number of anilines is 1. The largest absolute Gasteiger partial charge is 0.346 e. The van der Waals surface area contributed by atoms with E-state index in [2.05, 4.69) is 10.3 Å². The number of nitrogens with one attached hydrogen (secondary N) is 1. The lowest BCUT2D eigenvalue weighted by molar-refractivity contribution is -0.145. The molecular weight excluding hydrogens is 272 g/mol. The normalized spacial score (nSPS) is 23.2. The summed E-state index contributed by atoms with van der Waals surface area (Å²) in [6.45, 7) is 1.29. The number of amides is 3. The third-order valence-corrected chi connectivity index (χ3v) is 3.82. The molecule has 1 atom stereocenters. The van der Waals surface area contributed by atoms with Gasteiger partial charge in [-0.25, -0.2) is 4.98 Å². The van der Waals surface area contributed by atoms with Gasteiger partial charge >= 0.3 is 0 Å². The summed E-state index contributed by atoms with van der Waals surface area (Å²) < 4.78 is 0. The summed E-state index contributed by atoms with van der Waals surface area (Å²) in [5.41, 5.74) is 0. The maximum atomic E-state index is 12.3. The van der Waals surface area contributed by atoms with Crippen LogP contribution < -0.4 is 10.2 Å². The van der Waals surface area contributed by atoms with Gasteiger partial charge in [-0.1, -0.05) is 6.07 Å². The number of carbonyl (C=O) groups excluding carboxylic acids is 3. The number of carbonyl (C=O) groups is 3. The maximum absolute atomic E-state index is 12.3. The second kappa shape index (κ2) is 5.51. The molecule has 2 saturated heterocycles. The van der Waals surface area contributed by atoms with Crippen LogP contribution >= 0.6 is 0 Å². The van der Waals surface area contributed by atoms with Crippen molar-refractivity contribution in [3.8, 4) is 0 Å². The Labute approximate surface area is 121 Å². The molecule has 110 valence electrons. The molecule has 1 N–H and O–H groups in total. The molecule has 7 nitrogen and oxygen atoms in total. The van der Waals surface area contributed by atoms with Crippen LogP contribution in [-0.2, 0) is 14.4 Å². The van der Waals surface area contributed by atoms with Crippen molar-refractivity contribution < 1.29 is 14.4 Å². The summed E-state index contributed by atoms with van der Waals surface area (Å²) in [6, 6.07) is 5.03. The first-order valence-electron chi connectivity index (χ1n) is 6.94. The number of piperazine rings is 1. The van der Waals surface area contributed by atoms with Crippen LogP contribution in [0.25, 0.3) is 0 Å². The van der Waals surface area contributed by atoms with E-state index in [1.807, 2.05) is 23.1 Å². The highest BCUT2D eigenvalue weighted by Gasteiger charge is 2.37. The van der Waals surface area contributed by atoms with Crippen LogP contribution in [0.2, 0.25) is 0 Å². The summed E-state index contributed by atoms with van der Waals surface area (Å²) in [7, 11) is 0. The average molecular weight is 288 g/mol. The van der Waals surface area contributed by atoms with Crippen LogP contribution in [0.5, 0.6) is 0 Å². The number of rotatable bonds is 2. The molecule has 2 aliphatic rings. The molecule has 21 heavy (non-hydrogen) atoms. The number of nitrogens with zero attached hydrogens (tertiary/aromatic N) is 3. The molecule has 0 aromatic carbocycles. The molecule has 1 aromatic rings. The third kappa shape index (κ3) is 2.72. The first-order valence-corrected chi connectivity index (χ1v) is 6.94. The zero-order valence-corrected chi connectivity index (χ0v) is 11.5. The van der Waals surface area contributed by atoms with Crippen molar-refractivity contribution in [3.63, 3.8) is 0 Å². The van der Waals surface area contributed by atoms with Crippen LogP contribution in [0.15, 0.2) is 24.4 Å². The molecule has 3 rings (SSSR count). The van der Waals surface area contributed by atoms with Gasteiger partial charge in [0, 0.05) is 25.7 Å². The summed E-state index contributed by atoms with van der Waals surface area (Å²) in [5.74, 6) is 0.0110. The van der Waals surface area contributed by atoms with E-state index in [1.165, 1.54) is 0 Å². The van der Waals surface area contributed by atoms with Crippen molar-refractivity contribution in [2.24, 2.45) is 0 Å². The van der Waals surface area contributed by atoms with Crippen molar-refractivity contribution in [1.29, 1.82) is 0 Å². The molecule has 1 unspecified atom stereocenters. The van der Waals surface area contributed by atoms with Crippen molar-refractivity contribution >= 4 is 23.5 Å². The molecule has 2 aliphatic heterocycles. The number of aromatic nitrogens is 1. The second-order valence-corrected chi connectivity index (χ2v) is 5.16. The molecule has 3 heterocycles. The van der Waals surface area contributed by atoms with Gasteiger partial charge in [0.2, 0.25) is 17.7 Å². The predicted octanol–water partition coefficient (Wildman–Crippen LogP) is -0.465. The molecule has 2 fully saturated rings. The number of hydrogen-bond donors (Lipinski definition) is 1. The molecule has 0 aliphatic carbocycles. The van der Waals surface area contributed by atoms with Crippen molar-refractivity contribution in [2.75, 3.05) is 24.5 Å². The highest BCUT2D eigenvalue weighted by molar-refractivity contribution is 6.02. The van der Waals surface area contributed by atoms with Gasteiger partial charge < -0.3 is 9.80 Å². The summed E-state index contributed by atoms with van der Waals surface area (Å²) in [5, 5.41) is 2.29. The Kier molecular flexibility index (Phi) is 3.55. The summed E-state index contributed by atoms with van der Waals surface area (Å²) in [4.78, 5) is 43.0. The molecule has 1 aromatic heterocycles. The Morgan fingerprint density at radius 2 is 2.05 bits per heavy atom. The van der Waals surface area contributed by atoms with Gasteiger partial charge in [0.25, 0.3) is 0 Å². The van der Waals surface area contributed by atoms with Crippen LogP contribution in [0.3, 0.4) is 0 Å². The van der Waals surface area contributed by atoms with Gasteiger partial charge in [-0.15, -0.1) is 0 Å². The average Bonchev–Trinajstić information content (AvgIpc) is 2.49. The van der Waals surface area contributed by atoms with Crippen LogP contribution in [-0.4, -0.2) is 53.3 Å². The molecular formula is C14H16N4O3. The lowest BCUT2D eigenvalue weighted by Gasteiger charge is -2.39. The van der Waals surface area contributed by atoms with Gasteiger partial charge in [-0.05, 0) is 18.6 Å². The van der Waals surface area contributed by atoms with Crippen molar-refractivity contribution in [2.45, 2.75) is 18.9 Å². The van der Waals surface area contributed by atoms with Crippen molar-refractivity contribution in [3.05, 3.63) is 24.4 Å². The highest BCUT2D eigenvalue weighted by Crippen LogP contribution is 2.18. The molecule has 7 heteroatoms. The molecule has 3 amide bonds. The Bertz CT molecular complexity index is 575. The topological polar surface area (TPSA) is 82.6 Å². The van der Waals surface area contributed by atoms with Crippen LogP contribution in [0.4, 0.5) is 5.82 Å². The summed E-state index contributed by atoms with van der Waals surface area (Å²) >= 11 is 0. The predicted molar refractivity (Wildman–Crippen MR) is 74.3 cm³/mol. The molecule has 0 bridgehead atoms. The fraction of sp³-hybridized carbons (Fsp3) is 0.429. The highest BCUT2D eigenvalue weighted by atomic mass is 16.2. The Balaban J connectivity index is 1.68. The van der Waals surface area contributed by atoms with E-state index < -0.39 is 6.04 Å². The lowest BCUT2D eigenvalue weighted by Crippen LogP contribution is -2.60. The van der Waals surface area contributed by atoms with Crippen LogP contribution in [0, 0.1) is 0 Å². The SMILES string of the molecule is O=C1CCC(N2CCN(c3ccccn3)CC2=O)C(=O)N1. The standard InChI is InChI=1S/C14H16N4O3/c19-12-5-4-10(14(21)16-12)18-8-7-17(9-13(18)20)11-3-1-2-6-15-11/h1-3,6,10H,4-5,7-9H2,(H,16,19,21). The summed E-state index contributed by atoms with van der Waals surface area (Å²) in [6.07, 6.45) is 2.37. The van der Waals surface area contributed by atoms with Crippen LogP contribution in [0.1, 0.15) is 12.8 Å². The van der Waals surface area contributed by atoms with E-state index in [1.54, 1.807) is 11.1 Å². The Morgan fingerprint density at radius 1 is 1.19 bits per heavy atom. The monoisotopic (exact) mass is 288 g/mol. The Hall–Kier alpha value is -2.44. The quantitative estimate of drug-likeness (QED) is 0.744. The number of pyridine rings is 1. The molecule has 0 radical (unpaired) electrons. The van der Waals surface area contributed by atoms with Gasteiger partial charge in [-0.2, -0.15) is 0 Å². The zero-order valence-electron chi connectivity index (χ0n) is 11.5. The first-order chi connectivity index (χ1) is 10.1. The smallest absolute Gasteiger partial charge is 0.249 e. The minimum absolute atomic E-state index is 0.110. The van der Waals surface area contributed by atoms with E-state index >= 15 is 0 Å². The lowest BCUT2D eigenvalue weighted by atomic mass is 10.0. The second-order valence-electron chi connectivity index (χ2n) is 5.16.